The summed E-state index contributed by atoms with van der Waals surface area (Å²) >= 11 is 0. The predicted molar refractivity (Wildman–Crippen MR) is 303 cm³/mol. The van der Waals surface area contributed by atoms with Crippen LogP contribution >= 0.6 is 0 Å². The van der Waals surface area contributed by atoms with E-state index in [4.69, 9.17) is 9.72 Å². The molecule has 12 rings (SSSR count). The van der Waals surface area contributed by atoms with Crippen LogP contribution in [0.2, 0.25) is 0 Å². The van der Waals surface area contributed by atoms with Gasteiger partial charge in [0, 0.05) is 78.0 Å². The second-order valence-corrected chi connectivity index (χ2v) is 21.0. The number of nitrogens with zero attached hydrogens (tertiary/aromatic N) is 4. The number of hydrogen-bond donors (Lipinski definition) is 0. The van der Waals surface area contributed by atoms with Gasteiger partial charge in [-0.15, -0.1) is 48.1 Å². The minimum atomic E-state index is -0.173. The Kier molecular flexibility index (Phi) is 12.7. The predicted octanol–water partition coefficient (Wildman–Crippen LogP) is 18.2. The van der Waals surface area contributed by atoms with Gasteiger partial charge >= 0.3 is 0 Å². The summed E-state index contributed by atoms with van der Waals surface area (Å²) in [6.45, 7) is 15.8. The molecule has 1 aliphatic heterocycles. The molecule has 0 bridgehead atoms. The first-order valence-electron chi connectivity index (χ1n) is 25.1. The Hall–Kier alpha value is -7.98. The van der Waals surface area contributed by atoms with Gasteiger partial charge in [-0.2, -0.15) is 12.1 Å². The maximum atomic E-state index is 6.81. The maximum absolute atomic E-state index is 6.81. The molecule has 1 aliphatic rings. The number of ether oxygens (including phenoxy) is 1. The van der Waals surface area contributed by atoms with Crippen LogP contribution in [0.5, 0.6) is 11.5 Å². The molecule has 0 aliphatic carbocycles. The first-order chi connectivity index (χ1) is 35.5. The van der Waals surface area contributed by atoms with Crippen molar-refractivity contribution in [3.63, 3.8) is 0 Å². The molecule has 3 heterocycles. The zero-order chi connectivity index (χ0) is 49.8. The molecule has 74 heavy (non-hydrogen) atoms. The molecule has 0 fully saturated rings. The standard InChI is InChI=1S/C68H55N4O.Pt/c1-67(2,3)51-35-32-49(33-36-51)59-44-69-65(43-60(59)68(4,5)6)72-61-39-34-50(46-20-10-7-11-21-46)40-58(61)57-38-37-54(42-64(57)72)73-53-27-18-26-52(41-53)70-45-71(63-31-17-16-30-62(63)70)66-55(47-22-12-8-13-23-47)28-19-29-56(66)48-24-14-9-15-25-48;/h7-40,43-45H,1-6H3;/q-3;. The van der Waals surface area contributed by atoms with Crippen LogP contribution in [0.4, 0.5) is 22.7 Å². The summed E-state index contributed by atoms with van der Waals surface area (Å²) in [6.07, 6.45) is 2.05. The van der Waals surface area contributed by atoms with E-state index in [1.54, 1.807) is 0 Å². The molecule has 6 heteroatoms. The van der Waals surface area contributed by atoms with Crippen molar-refractivity contribution in [1.29, 1.82) is 0 Å². The Morgan fingerprint density at radius 2 is 1.03 bits per heavy atom. The van der Waals surface area contributed by atoms with Gasteiger partial charge in [0.2, 0.25) is 0 Å². The zero-order valence-corrected chi connectivity index (χ0v) is 44.6. The quantitative estimate of drug-likeness (QED) is 0.135. The van der Waals surface area contributed by atoms with E-state index in [1.165, 1.54) is 11.1 Å². The summed E-state index contributed by atoms with van der Waals surface area (Å²) in [4.78, 5) is 9.79. The largest absolute Gasteiger partial charge is 0.509 e. The number of fused-ring (bicyclic) bond motifs is 4. The average Bonchev–Trinajstić information content (AvgIpc) is 3.97. The smallest absolute Gasteiger partial charge is 0.135 e. The molecule has 0 unspecified atom stereocenters. The van der Waals surface area contributed by atoms with Crippen LogP contribution in [0.25, 0.3) is 72.1 Å². The number of para-hydroxylation sites is 3. The second kappa shape index (κ2) is 19.5. The van der Waals surface area contributed by atoms with E-state index in [0.29, 0.717) is 11.5 Å². The molecule has 0 amide bonds. The summed E-state index contributed by atoms with van der Waals surface area (Å²) < 4.78 is 9.06. The normalized spacial score (nSPS) is 12.5. The fourth-order valence-electron chi connectivity index (χ4n) is 10.3. The van der Waals surface area contributed by atoms with Crippen LogP contribution < -0.4 is 14.5 Å². The van der Waals surface area contributed by atoms with Gasteiger partial charge in [0.15, 0.2) is 0 Å². The Bertz CT molecular complexity index is 3760. The minimum absolute atomic E-state index is 0. The van der Waals surface area contributed by atoms with Gasteiger partial charge in [-0.05, 0) is 79.4 Å². The van der Waals surface area contributed by atoms with Gasteiger partial charge in [-0.1, -0.05) is 205 Å². The summed E-state index contributed by atoms with van der Waals surface area (Å²) in [7, 11) is 0. The number of anilines is 4. The maximum Gasteiger partial charge on any atom is 0.135 e. The van der Waals surface area contributed by atoms with Crippen LogP contribution in [-0.2, 0) is 31.9 Å². The van der Waals surface area contributed by atoms with Crippen molar-refractivity contribution in [3.05, 3.63) is 248 Å². The van der Waals surface area contributed by atoms with E-state index in [9.17, 15) is 0 Å². The number of hydrogen-bond acceptors (Lipinski definition) is 4. The van der Waals surface area contributed by atoms with Crippen molar-refractivity contribution in [1.82, 2.24) is 9.55 Å². The van der Waals surface area contributed by atoms with Crippen molar-refractivity contribution in [2.45, 2.75) is 52.4 Å². The van der Waals surface area contributed by atoms with E-state index in [-0.39, 0.29) is 31.9 Å². The average molecular weight is 1140 g/mol. The molecule has 11 aromatic rings. The third kappa shape index (κ3) is 9.01. The summed E-state index contributed by atoms with van der Waals surface area (Å²) in [5, 5.41) is 2.18. The first-order valence-corrected chi connectivity index (χ1v) is 25.1. The summed E-state index contributed by atoms with van der Waals surface area (Å²) in [6, 6.07) is 82.6. The van der Waals surface area contributed by atoms with Gasteiger partial charge in [0.1, 0.15) is 5.82 Å². The number of pyridine rings is 1. The fraction of sp³-hybridized carbons (Fsp3) is 0.118. The van der Waals surface area contributed by atoms with E-state index in [2.05, 4.69) is 275 Å². The van der Waals surface area contributed by atoms with Crippen molar-refractivity contribution >= 4 is 44.6 Å². The molecule has 2 aromatic heterocycles. The molecule has 0 saturated heterocycles. The third-order valence-corrected chi connectivity index (χ3v) is 14.1. The van der Waals surface area contributed by atoms with Crippen LogP contribution in [0, 0.1) is 18.8 Å². The van der Waals surface area contributed by atoms with Gasteiger partial charge in [-0.3, -0.25) is 0 Å². The summed E-state index contributed by atoms with van der Waals surface area (Å²) in [5.41, 5.74) is 17.6. The van der Waals surface area contributed by atoms with Gasteiger partial charge in [0.25, 0.3) is 0 Å². The van der Waals surface area contributed by atoms with Gasteiger partial charge in [-0.25, -0.2) is 4.98 Å². The van der Waals surface area contributed by atoms with E-state index in [0.717, 1.165) is 94.9 Å². The van der Waals surface area contributed by atoms with Gasteiger partial charge < -0.3 is 19.1 Å². The van der Waals surface area contributed by atoms with E-state index >= 15 is 0 Å². The van der Waals surface area contributed by atoms with Crippen molar-refractivity contribution in [3.8, 4) is 61.8 Å². The topological polar surface area (TPSA) is 33.5 Å². The molecule has 366 valence electrons. The Morgan fingerprint density at radius 1 is 0.459 bits per heavy atom. The SMILES string of the molecule is CC(C)(C)c1ccc(-c2cnc(-n3c4[c-]c(Oc5[c-]c(N6[CH-]N(c7c(-c8ccccc8)cccc7-c7ccccc7)c7ccccc76)ccc5)ccc4c4cc(-c5ccccc5)ccc43)cc2C(C)(C)C)cc1.[Pt]. The molecular formula is C68H55N4OPt-3. The molecule has 9 aromatic carbocycles. The van der Waals surface area contributed by atoms with E-state index < -0.39 is 0 Å². The molecule has 0 saturated carbocycles. The first kappa shape index (κ1) is 48.3. The Labute approximate surface area is 449 Å². The zero-order valence-electron chi connectivity index (χ0n) is 42.4. The Balaban J connectivity index is 0.00000588. The Morgan fingerprint density at radius 3 is 1.66 bits per heavy atom. The molecular weight excluding hydrogens is 1080 g/mol. The van der Waals surface area contributed by atoms with E-state index in [1.807, 2.05) is 18.2 Å². The molecule has 0 radical (unpaired) electrons. The molecule has 5 nitrogen and oxygen atoms in total. The van der Waals surface area contributed by atoms with Crippen LogP contribution in [-0.4, -0.2) is 9.55 Å². The molecule has 0 spiro atoms. The van der Waals surface area contributed by atoms with Crippen LogP contribution in [0.1, 0.15) is 52.7 Å². The van der Waals surface area contributed by atoms with Crippen LogP contribution in [0.15, 0.2) is 219 Å². The van der Waals surface area contributed by atoms with Crippen LogP contribution in [0.3, 0.4) is 0 Å². The van der Waals surface area contributed by atoms with Gasteiger partial charge in [0.05, 0.1) is 0 Å². The monoisotopic (exact) mass is 1140 g/mol. The molecule has 0 atom stereocenters. The number of benzene rings is 9. The third-order valence-electron chi connectivity index (χ3n) is 14.1. The summed E-state index contributed by atoms with van der Waals surface area (Å²) in [5.74, 6) is 1.99. The number of rotatable bonds is 9. The van der Waals surface area contributed by atoms with Crippen molar-refractivity contribution in [2.24, 2.45) is 0 Å². The fourth-order valence-corrected chi connectivity index (χ4v) is 10.3. The number of aromatic nitrogens is 2. The van der Waals surface area contributed by atoms with Crippen molar-refractivity contribution in [2.75, 3.05) is 9.80 Å². The second-order valence-electron chi connectivity index (χ2n) is 21.0. The minimum Gasteiger partial charge on any atom is -0.509 e. The van der Waals surface area contributed by atoms with Crippen molar-refractivity contribution < 1.29 is 25.8 Å². The molecule has 0 N–H and O–H groups in total.